The van der Waals surface area contributed by atoms with E-state index in [9.17, 15) is 9.59 Å². The minimum absolute atomic E-state index is 0.216. The first-order valence-corrected chi connectivity index (χ1v) is 5.25. The standard InChI is InChI=1S/C13H14O4/c1-3-16-13(15)10(2)9-12(14)17-11-7-5-4-6-8-11/h4-9H,3H2,1-2H3/b10-9+. The van der Waals surface area contributed by atoms with Crippen LogP contribution >= 0.6 is 0 Å². The predicted octanol–water partition coefficient (Wildman–Crippen LogP) is 2.10. The Bertz CT molecular complexity index is 420. The zero-order valence-electron chi connectivity index (χ0n) is 9.80. The van der Waals surface area contributed by atoms with E-state index in [2.05, 4.69) is 0 Å². The fourth-order valence-electron chi connectivity index (χ4n) is 1.11. The summed E-state index contributed by atoms with van der Waals surface area (Å²) in [6, 6.07) is 8.64. The van der Waals surface area contributed by atoms with Gasteiger partial charge in [0.2, 0.25) is 0 Å². The summed E-state index contributed by atoms with van der Waals surface area (Å²) in [5, 5.41) is 0. The van der Waals surface area contributed by atoms with E-state index in [0.29, 0.717) is 5.75 Å². The van der Waals surface area contributed by atoms with Gasteiger partial charge >= 0.3 is 11.9 Å². The molecule has 0 unspecified atom stereocenters. The Morgan fingerprint density at radius 2 is 1.88 bits per heavy atom. The van der Waals surface area contributed by atoms with Gasteiger partial charge in [-0.1, -0.05) is 18.2 Å². The van der Waals surface area contributed by atoms with E-state index in [4.69, 9.17) is 9.47 Å². The largest absolute Gasteiger partial charge is 0.463 e. The van der Waals surface area contributed by atoms with Gasteiger partial charge in [0.05, 0.1) is 6.61 Å². The minimum Gasteiger partial charge on any atom is -0.463 e. The lowest BCUT2D eigenvalue weighted by molar-refractivity contribution is -0.139. The van der Waals surface area contributed by atoms with Crippen LogP contribution in [-0.2, 0) is 14.3 Å². The molecule has 90 valence electrons. The van der Waals surface area contributed by atoms with Crippen LogP contribution in [0.3, 0.4) is 0 Å². The van der Waals surface area contributed by atoms with Crippen molar-refractivity contribution < 1.29 is 19.1 Å². The molecule has 1 rings (SSSR count). The fraction of sp³-hybridized carbons (Fsp3) is 0.231. The van der Waals surface area contributed by atoms with Crippen LogP contribution in [0.25, 0.3) is 0 Å². The number of esters is 2. The average molecular weight is 234 g/mol. The van der Waals surface area contributed by atoms with Gasteiger partial charge in [0, 0.05) is 11.6 Å². The molecular formula is C13H14O4. The number of hydrogen-bond acceptors (Lipinski definition) is 4. The van der Waals surface area contributed by atoms with Crippen LogP contribution in [0.15, 0.2) is 42.0 Å². The molecule has 1 aromatic carbocycles. The van der Waals surface area contributed by atoms with Crippen LogP contribution in [0.1, 0.15) is 13.8 Å². The van der Waals surface area contributed by atoms with E-state index in [1.54, 1.807) is 31.2 Å². The highest BCUT2D eigenvalue weighted by Crippen LogP contribution is 2.09. The van der Waals surface area contributed by atoms with Crippen molar-refractivity contribution in [2.45, 2.75) is 13.8 Å². The quantitative estimate of drug-likeness (QED) is 0.455. The molecule has 0 bridgehead atoms. The van der Waals surface area contributed by atoms with E-state index in [-0.39, 0.29) is 12.2 Å². The number of hydrogen-bond donors (Lipinski definition) is 0. The second-order valence-electron chi connectivity index (χ2n) is 3.28. The maximum atomic E-state index is 11.4. The molecule has 0 radical (unpaired) electrons. The molecule has 0 heterocycles. The maximum absolute atomic E-state index is 11.4. The Labute approximate surface area is 99.8 Å². The number of ether oxygens (including phenoxy) is 2. The molecule has 0 atom stereocenters. The fourth-order valence-corrected chi connectivity index (χ4v) is 1.11. The Balaban J connectivity index is 2.60. The van der Waals surface area contributed by atoms with Crippen molar-refractivity contribution in [3.8, 4) is 5.75 Å². The van der Waals surface area contributed by atoms with Gasteiger partial charge in [-0.3, -0.25) is 0 Å². The molecular weight excluding hydrogens is 220 g/mol. The molecule has 17 heavy (non-hydrogen) atoms. The molecule has 0 aromatic heterocycles. The minimum atomic E-state index is -0.596. The SMILES string of the molecule is CCOC(=O)/C(C)=C/C(=O)Oc1ccccc1. The first-order valence-electron chi connectivity index (χ1n) is 5.25. The van der Waals surface area contributed by atoms with E-state index in [1.807, 2.05) is 6.07 Å². The third-order valence-electron chi connectivity index (χ3n) is 1.89. The molecule has 0 fully saturated rings. The van der Waals surface area contributed by atoms with E-state index >= 15 is 0 Å². The molecule has 0 N–H and O–H groups in total. The molecule has 4 heteroatoms. The summed E-state index contributed by atoms with van der Waals surface area (Å²) in [6.45, 7) is 3.48. The molecule has 4 nitrogen and oxygen atoms in total. The second-order valence-corrected chi connectivity index (χ2v) is 3.28. The summed E-state index contributed by atoms with van der Waals surface area (Å²) in [4.78, 5) is 22.7. The Hall–Kier alpha value is -2.10. The molecule has 0 aliphatic heterocycles. The van der Waals surface area contributed by atoms with Crippen LogP contribution in [0.2, 0.25) is 0 Å². The van der Waals surface area contributed by atoms with Gasteiger partial charge in [-0.05, 0) is 26.0 Å². The van der Waals surface area contributed by atoms with Gasteiger partial charge in [-0.25, -0.2) is 9.59 Å². The highest BCUT2D eigenvalue weighted by Gasteiger charge is 2.08. The number of carbonyl (C=O) groups excluding carboxylic acids is 2. The smallest absolute Gasteiger partial charge is 0.336 e. The lowest BCUT2D eigenvalue weighted by Crippen LogP contribution is -2.10. The molecule has 0 aliphatic carbocycles. The van der Waals surface area contributed by atoms with Crippen molar-refractivity contribution in [2.24, 2.45) is 0 Å². The zero-order chi connectivity index (χ0) is 12.7. The Morgan fingerprint density at radius 3 is 2.47 bits per heavy atom. The Morgan fingerprint density at radius 1 is 1.24 bits per heavy atom. The Kier molecular flexibility index (Phi) is 4.94. The number of carbonyl (C=O) groups is 2. The van der Waals surface area contributed by atoms with E-state index in [0.717, 1.165) is 6.08 Å². The molecule has 0 saturated carbocycles. The molecule has 0 spiro atoms. The first-order chi connectivity index (χ1) is 8.13. The van der Waals surface area contributed by atoms with Crippen LogP contribution in [0.5, 0.6) is 5.75 Å². The van der Waals surface area contributed by atoms with Gasteiger partial charge in [0.25, 0.3) is 0 Å². The summed E-state index contributed by atoms with van der Waals surface area (Å²) in [6.07, 6.45) is 1.12. The summed E-state index contributed by atoms with van der Waals surface area (Å²) >= 11 is 0. The van der Waals surface area contributed by atoms with Gasteiger partial charge in [0.15, 0.2) is 0 Å². The third-order valence-corrected chi connectivity index (χ3v) is 1.89. The lowest BCUT2D eigenvalue weighted by atomic mass is 10.3. The summed E-state index contributed by atoms with van der Waals surface area (Å²) in [5.41, 5.74) is 0.216. The maximum Gasteiger partial charge on any atom is 0.336 e. The van der Waals surface area contributed by atoms with Crippen molar-refractivity contribution in [1.29, 1.82) is 0 Å². The third kappa shape index (κ3) is 4.51. The topological polar surface area (TPSA) is 52.6 Å². The average Bonchev–Trinajstić information content (AvgIpc) is 2.30. The van der Waals surface area contributed by atoms with Crippen molar-refractivity contribution in [1.82, 2.24) is 0 Å². The number of benzene rings is 1. The number of rotatable bonds is 4. The first kappa shape index (κ1) is 13.0. The monoisotopic (exact) mass is 234 g/mol. The van der Waals surface area contributed by atoms with Crippen molar-refractivity contribution in [2.75, 3.05) is 6.61 Å². The van der Waals surface area contributed by atoms with Crippen LogP contribution in [0.4, 0.5) is 0 Å². The predicted molar refractivity (Wildman–Crippen MR) is 62.5 cm³/mol. The van der Waals surface area contributed by atoms with Gasteiger partial charge in [-0.2, -0.15) is 0 Å². The van der Waals surface area contributed by atoms with Gasteiger partial charge < -0.3 is 9.47 Å². The summed E-state index contributed by atoms with van der Waals surface area (Å²) in [7, 11) is 0. The van der Waals surface area contributed by atoms with Crippen LogP contribution in [-0.4, -0.2) is 18.5 Å². The van der Waals surface area contributed by atoms with Crippen molar-refractivity contribution in [3.05, 3.63) is 42.0 Å². The lowest BCUT2D eigenvalue weighted by Gasteiger charge is -2.02. The van der Waals surface area contributed by atoms with Gasteiger partial charge in [-0.15, -0.1) is 0 Å². The summed E-state index contributed by atoms with van der Waals surface area (Å²) in [5.74, 6) is -0.676. The molecule has 0 aliphatic rings. The second kappa shape index (κ2) is 6.48. The molecule has 1 aromatic rings. The van der Waals surface area contributed by atoms with Crippen LogP contribution < -0.4 is 4.74 Å². The van der Waals surface area contributed by atoms with E-state index in [1.165, 1.54) is 6.92 Å². The van der Waals surface area contributed by atoms with Crippen molar-refractivity contribution in [3.63, 3.8) is 0 Å². The van der Waals surface area contributed by atoms with E-state index < -0.39 is 11.9 Å². The highest BCUT2D eigenvalue weighted by molar-refractivity contribution is 5.96. The summed E-state index contributed by atoms with van der Waals surface area (Å²) < 4.78 is 9.73. The molecule has 0 amide bonds. The highest BCUT2D eigenvalue weighted by atomic mass is 16.5. The molecule has 0 saturated heterocycles. The van der Waals surface area contributed by atoms with Gasteiger partial charge in [0.1, 0.15) is 5.75 Å². The normalized spacial score (nSPS) is 10.8. The number of para-hydroxylation sites is 1. The van der Waals surface area contributed by atoms with Crippen LogP contribution in [0, 0.1) is 0 Å². The zero-order valence-corrected chi connectivity index (χ0v) is 9.80. The van der Waals surface area contributed by atoms with Crippen molar-refractivity contribution >= 4 is 11.9 Å².